The normalized spacial score (nSPS) is 11.6. The lowest BCUT2D eigenvalue weighted by molar-refractivity contribution is 0.0280. The third-order valence-corrected chi connectivity index (χ3v) is 4.68. The maximum atomic E-state index is 13.0. The molecule has 0 unspecified atom stereocenters. The Bertz CT molecular complexity index is 924. The highest BCUT2D eigenvalue weighted by Crippen LogP contribution is 2.25. The average molecular weight is 477 g/mol. The van der Waals surface area contributed by atoms with Gasteiger partial charge in [-0.3, -0.25) is 4.79 Å². The van der Waals surface area contributed by atoms with Gasteiger partial charge in [-0.2, -0.15) is 0 Å². The lowest BCUT2D eigenvalue weighted by Gasteiger charge is -2.18. The van der Waals surface area contributed by atoms with Gasteiger partial charge in [-0.25, -0.2) is 4.79 Å². The summed E-state index contributed by atoms with van der Waals surface area (Å²) in [6.07, 6.45) is -1.04. The number of hydrogen-bond acceptors (Lipinski definition) is 3. The second kappa shape index (κ2) is 8.47. The highest BCUT2D eigenvalue weighted by molar-refractivity contribution is 14.1. The molecule has 3 aromatic carbocycles. The third kappa shape index (κ3) is 4.51. The summed E-state index contributed by atoms with van der Waals surface area (Å²) in [7, 11) is 0. The minimum Gasteiger partial charge on any atom is -0.445 e. The van der Waals surface area contributed by atoms with E-state index in [0.717, 1.165) is 3.57 Å². The molecule has 0 heterocycles. The molecular weight excluding hydrogens is 463 g/mol. The van der Waals surface area contributed by atoms with E-state index >= 15 is 0 Å². The molecule has 0 aromatic heterocycles. The van der Waals surface area contributed by atoms with E-state index in [1.165, 1.54) is 0 Å². The molecule has 3 nitrogen and oxygen atoms in total. The zero-order chi connectivity index (χ0) is 18.5. The molecule has 3 aromatic rings. The fourth-order valence-electron chi connectivity index (χ4n) is 2.45. The monoisotopic (exact) mass is 476 g/mol. The molecule has 0 saturated carbocycles. The van der Waals surface area contributed by atoms with Crippen molar-refractivity contribution < 1.29 is 14.3 Å². The van der Waals surface area contributed by atoms with Crippen LogP contribution in [0.4, 0.5) is 0 Å². The standard InChI is InChI=1S/C21H14ClIO3/c22-17-11-9-15(10-12-17)20(19(24)14-5-2-1-3-6-14)26-21(25)16-7-4-8-18(23)13-16/h1-13,20H/t20-/m1/s1. The summed E-state index contributed by atoms with van der Waals surface area (Å²) in [6, 6.07) is 22.5. The van der Waals surface area contributed by atoms with Crippen molar-refractivity contribution in [3.8, 4) is 0 Å². The molecular formula is C21H14ClIO3. The van der Waals surface area contributed by atoms with E-state index in [2.05, 4.69) is 22.6 Å². The van der Waals surface area contributed by atoms with Gasteiger partial charge in [-0.1, -0.05) is 60.1 Å². The first-order chi connectivity index (χ1) is 12.5. The molecule has 0 bridgehead atoms. The number of carbonyl (C=O) groups excluding carboxylic acids is 2. The van der Waals surface area contributed by atoms with E-state index in [-0.39, 0.29) is 5.78 Å². The smallest absolute Gasteiger partial charge is 0.339 e. The summed E-state index contributed by atoms with van der Waals surface area (Å²) in [4.78, 5) is 25.5. The molecule has 0 aliphatic rings. The molecule has 1 atom stereocenters. The van der Waals surface area contributed by atoms with E-state index in [0.29, 0.717) is 21.7 Å². The SMILES string of the molecule is O=C(O[C@@H](C(=O)c1ccccc1)c1ccc(Cl)cc1)c1cccc(I)c1. The van der Waals surface area contributed by atoms with Gasteiger partial charge in [0.1, 0.15) is 0 Å². The van der Waals surface area contributed by atoms with Crippen LogP contribution >= 0.6 is 34.2 Å². The Hall–Kier alpha value is -2.18. The molecule has 26 heavy (non-hydrogen) atoms. The molecule has 0 saturated heterocycles. The lowest BCUT2D eigenvalue weighted by atomic mass is 9.99. The number of esters is 1. The van der Waals surface area contributed by atoms with Crippen molar-refractivity contribution in [2.24, 2.45) is 0 Å². The van der Waals surface area contributed by atoms with Crippen molar-refractivity contribution in [3.63, 3.8) is 0 Å². The third-order valence-electron chi connectivity index (χ3n) is 3.75. The Balaban J connectivity index is 1.94. The number of carbonyl (C=O) groups is 2. The van der Waals surface area contributed by atoms with Gasteiger partial charge in [-0.15, -0.1) is 0 Å². The average Bonchev–Trinajstić information content (AvgIpc) is 2.67. The maximum Gasteiger partial charge on any atom is 0.339 e. The van der Waals surface area contributed by atoms with Gasteiger partial charge in [0.25, 0.3) is 0 Å². The summed E-state index contributed by atoms with van der Waals surface area (Å²) < 4.78 is 6.51. The first kappa shape index (κ1) is 18.6. The maximum absolute atomic E-state index is 13.0. The highest BCUT2D eigenvalue weighted by atomic mass is 127. The van der Waals surface area contributed by atoms with Crippen molar-refractivity contribution in [2.45, 2.75) is 6.10 Å². The number of ketones is 1. The Labute approximate surface area is 170 Å². The summed E-state index contributed by atoms with van der Waals surface area (Å²) in [6.45, 7) is 0. The number of ether oxygens (including phenoxy) is 1. The van der Waals surface area contributed by atoms with Crippen LogP contribution < -0.4 is 0 Å². The van der Waals surface area contributed by atoms with Gasteiger partial charge in [0.2, 0.25) is 5.78 Å². The van der Waals surface area contributed by atoms with Gasteiger partial charge in [-0.05, 0) is 52.9 Å². The number of Topliss-reactive ketones (excluding diaryl/α,β-unsaturated/α-hetero) is 1. The van der Waals surface area contributed by atoms with Crippen LogP contribution in [-0.2, 0) is 4.74 Å². The van der Waals surface area contributed by atoms with Crippen LogP contribution in [0, 0.1) is 3.57 Å². The van der Waals surface area contributed by atoms with Gasteiger partial charge < -0.3 is 4.74 Å². The second-order valence-electron chi connectivity index (χ2n) is 5.58. The minimum absolute atomic E-state index is 0.285. The Kier molecular flexibility index (Phi) is 6.06. The van der Waals surface area contributed by atoms with Crippen LogP contribution in [-0.4, -0.2) is 11.8 Å². The molecule has 0 fully saturated rings. The van der Waals surface area contributed by atoms with E-state index in [1.807, 2.05) is 12.1 Å². The fraction of sp³-hybridized carbons (Fsp3) is 0.0476. The highest BCUT2D eigenvalue weighted by Gasteiger charge is 2.26. The summed E-state index contributed by atoms with van der Waals surface area (Å²) in [5.74, 6) is -0.834. The zero-order valence-electron chi connectivity index (χ0n) is 13.6. The molecule has 0 radical (unpaired) electrons. The van der Waals surface area contributed by atoms with Crippen molar-refractivity contribution >= 4 is 45.9 Å². The predicted molar refractivity (Wildman–Crippen MR) is 110 cm³/mol. The van der Waals surface area contributed by atoms with Crippen LogP contribution in [0.2, 0.25) is 5.02 Å². The molecule has 0 N–H and O–H groups in total. The minimum atomic E-state index is -1.04. The second-order valence-corrected chi connectivity index (χ2v) is 7.26. The molecule has 5 heteroatoms. The Morgan fingerprint density at radius 3 is 2.15 bits per heavy atom. The lowest BCUT2D eigenvalue weighted by Crippen LogP contribution is -2.20. The van der Waals surface area contributed by atoms with Gasteiger partial charge >= 0.3 is 5.97 Å². The molecule has 0 amide bonds. The Morgan fingerprint density at radius 1 is 0.846 bits per heavy atom. The van der Waals surface area contributed by atoms with Crippen molar-refractivity contribution in [1.29, 1.82) is 0 Å². The molecule has 0 aliphatic heterocycles. The molecule has 0 aliphatic carbocycles. The number of rotatable bonds is 5. The Morgan fingerprint density at radius 2 is 1.50 bits per heavy atom. The van der Waals surface area contributed by atoms with Crippen LogP contribution in [0.3, 0.4) is 0 Å². The van der Waals surface area contributed by atoms with E-state index < -0.39 is 12.1 Å². The molecule has 130 valence electrons. The quantitative estimate of drug-likeness (QED) is 0.268. The van der Waals surface area contributed by atoms with Gasteiger partial charge in [0.05, 0.1) is 5.56 Å². The van der Waals surface area contributed by atoms with E-state index in [4.69, 9.17) is 16.3 Å². The van der Waals surface area contributed by atoms with Crippen molar-refractivity contribution in [2.75, 3.05) is 0 Å². The van der Waals surface area contributed by atoms with Crippen molar-refractivity contribution in [1.82, 2.24) is 0 Å². The topological polar surface area (TPSA) is 43.4 Å². The summed E-state index contributed by atoms with van der Waals surface area (Å²) >= 11 is 8.06. The summed E-state index contributed by atoms with van der Waals surface area (Å²) in [5, 5.41) is 0.545. The van der Waals surface area contributed by atoms with Crippen LogP contribution in [0.25, 0.3) is 0 Å². The van der Waals surface area contributed by atoms with Gasteiger partial charge in [0, 0.05) is 19.7 Å². The van der Waals surface area contributed by atoms with Crippen LogP contribution in [0.1, 0.15) is 32.4 Å². The van der Waals surface area contributed by atoms with Crippen LogP contribution in [0.5, 0.6) is 0 Å². The number of hydrogen-bond donors (Lipinski definition) is 0. The first-order valence-corrected chi connectivity index (χ1v) is 9.31. The predicted octanol–water partition coefficient (Wildman–Crippen LogP) is 5.73. The zero-order valence-corrected chi connectivity index (χ0v) is 16.5. The summed E-state index contributed by atoms with van der Waals surface area (Å²) in [5.41, 5.74) is 1.45. The number of halogens is 2. The molecule has 0 spiro atoms. The number of benzene rings is 3. The first-order valence-electron chi connectivity index (χ1n) is 7.86. The fourth-order valence-corrected chi connectivity index (χ4v) is 3.12. The van der Waals surface area contributed by atoms with E-state index in [1.54, 1.807) is 66.7 Å². The van der Waals surface area contributed by atoms with Crippen LogP contribution in [0.15, 0.2) is 78.9 Å². The largest absolute Gasteiger partial charge is 0.445 e. The van der Waals surface area contributed by atoms with Crippen molar-refractivity contribution in [3.05, 3.63) is 104 Å². The van der Waals surface area contributed by atoms with Gasteiger partial charge in [0.15, 0.2) is 6.10 Å². The van der Waals surface area contributed by atoms with E-state index in [9.17, 15) is 9.59 Å². The molecule has 3 rings (SSSR count).